The highest BCUT2D eigenvalue weighted by molar-refractivity contribution is 9.10. The van der Waals surface area contributed by atoms with Gasteiger partial charge in [0.1, 0.15) is 11.5 Å². The molecule has 0 aromatic carbocycles. The minimum absolute atomic E-state index is 0.434. The molecule has 5 nitrogen and oxygen atoms in total. The minimum Gasteiger partial charge on any atom is -0.383 e. The molecule has 0 fully saturated rings. The van der Waals surface area contributed by atoms with Gasteiger partial charge in [0, 0.05) is 18.9 Å². The lowest BCUT2D eigenvalue weighted by Crippen LogP contribution is -2.03. The molecule has 0 bridgehead atoms. The van der Waals surface area contributed by atoms with Crippen LogP contribution in [0.5, 0.6) is 0 Å². The van der Waals surface area contributed by atoms with Gasteiger partial charge in [0.25, 0.3) is 0 Å². The van der Waals surface area contributed by atoms with Crippen molar-refractivity contribution in [2.45, 2.75) is 13.5 Å². The molecule has 0 aliphatic rings. The molecule has 0 aliphatic heterocycles. The first kappa shape index (κ1) is 10.1. The van der Waals surface area contributed by atoms with Crippen LogP contribution in [0.2, 0.25) is 0 Å². The monoisotopic (exact) mass is 267 g/mol. The molecule has 0 atom stereocenters. The van der Waals surface area contributed by atoms with Crippen LogP contribution >= 0.6 is 15.9 Å². The zero-order chi connectivity index (χ0) is 10.8. The molecule has 0 saturated heterocycles. The van der Waals surface area contributed by atoms with E-state index < -0.39 is 0 Å². The smallest absolute Gasteiger partial charge is 0.179 e. The van der Waals surface area contributed by atoms with Crippen LogP contribution in [0.15, 0.2) is 22.9 Å². The molecule has 0 saturated carbocycles. The fraction of sp³-hybridized carbons (Fsp3) is 0.222. The highest BCUT2D eigenvalue weighted by Crippen LogP contribution is 2.20. The molecule has 0 amide bonds. The summed E-state index contributed by atoms with van der Waals surface area (Å²) in [5.74, 6) is 1.03. The van der Waals surface area contributed by atoms with Gasteiger partial charge in [0.15, 0.2) is 5.82 Å². The van der Waals surface area contributed by atoms with Gasteiger partial charge in [-0.05, 0) is 28.9 Å². The Balaban J connectivity index is 2.50. The van der Waals surface area contributed by atoms with Gasteiger partial charge >= 0.3 is 0 Å². The summed E-state index contributed by atoms with van der Waals surface area (Å²) in [6.45, 7) is 2.79. The molecule has 0 spiro atoms. The van der Waals surface area contributed by atoms with Crippen LogP contribution in [0, 0.1) is 0 Å². The van der Waals surface area contributed by atoms with Crippen molar-refractivity contribution in [1.29, 1.82) is 0 Å². The fourth-order valence-corrected chi connectivity index (χ4v) is 1.47. The van der Waals surface area contributed by atoms with Crippen molar-refractivity contribution in [1.82, 2.24) is 19.7 Å². The molecule has 2 aromatic rings. The lowest BCUT2D eigenvalue weighted by molar-refractivity contribution is 0.664. The zero-order valence-electron chi connectivity index (χ0n) is 8.18. The second kappa shape index (κ2) is 3.98. The van der Waals surface area contributed by atoms with E-state index in [0.717, 1.165) is 12.2 Å². The predicted octanol–water partition coefficient (Wildman–Crippen LogP) is 1.70. The zero-order valence-corrected chi connectivity index (χ0v) is 9.77. The molecule has 15 heavy (non-hydrogen) atoms. The van der Waals surface area contributed by atoms with Crippen LogP contribution in [0.4, 0.5) is 5.82 Å². The van der Waals surface area contributed by atoms with Crippen LogP contribution in [0.1, 0.15) is 6.92 Å². The number of hydrogen-bond donors (Lipinski definition) is 1. The first-order valence-electron chi connectivity index (χ1n) is 4.52. The van der Waals surface area contributed by atoms with Crippen molar-refractivity contribution < 1.29 is 0 Å². The molecule has 0 unspecified atom stereocenters. The van der Waals surface area contributed by atoms with Gasteiger partial charge in [-0.15, -0.1) is 0 Å². The van der Waals surface area contributed by atoms with Crippen molar-refractivity contribution >= 4 is 21.7 Å². The minimum atomic E-state index is 0.434. The van der Waals surface area contributed by atoms with Gasteiger partial charge < -0.3 is 5.73 Å². The summed E-state index contributed by atoms with van der Waals surface area (Å²) >= 11 is 3.26. The standard InChI is InChI=1S/C9H10BrN5/c1-2-15-7(3-4-13-15)9-12-5-6(10)8(11)14-9/h3-5H,2H2,1H3,(H2,11,12,14). The summed E-state index contributed by atoms with van der Waals surface area (Å²) in [5.41, 5.74) is 6.56. The maximum atomic E-state index is 5.69. The van der Waals surface area contributed by atoms with Gasteiger partial charge in [-0.3, -0.25) is 4.68 Å². The molecule has 78 valence electrons. The van der Waals surface area contributed by atoms with E-state index in [2.05, 4.69) is 31.0 Å². The van der Waals surface area contributed by atoms with Crippen LogP contribution in [-0.4, -0.2) is 19.7 Å². The van der Waals surface area contributed by atoms with E-state index in [-0.39, 0.29) is 0 Å². The van der Waals surface area contributed by atoms with E-state index >= 15 is 0 Å². The lowest BCUT2D eigenvalue weighted by Gasteiger charge is -2.04. The molecule has 2 rings (SSSR count). The largest absolute Gasteiger partial charge is 0.383 e. The van der Waals surface area contributed by atoms with E-state index in [4.69, 9.17) is 5.73 Å². The van der Waals surface area contributed by atoms with Crippen molar-refractivity contribution in [2.75, 3.05) is 5.73 Å². The van der Waals surface area contributed by atoms with Crippen LogP contribution in [-0.2, 0) is 6.54 Å². The Morgan fingerprint density at radius 2 is 2.33 bits per heavy atom. The van der Waals surface area contributed by atoms with Crippen molar-refractivity contribution in [3.63, 3.8) is 0 Å². The summed E-state index contributed by atoms with van der Waals surface area (Å²) < 4.78 is 2.52. The maximum absolute atomic E-state index is 5.69. The average molecular weight is 268 g/mol. The van der Waals surface area contributed by atoms with E-state index in [9.17, 15) is 0 Å². The second-order valence-corrected chi connectivity index (χ2v) is 3.81. The molecule has 6 heteroatoms. The average Bonchev–Trinajstić information content (AvgIpc) is 2.70. The topological polar surface area (TPSA) is 69.6 Å². The first-order valence-corrected chi connectivity index (χ1v) is 5.32. The number of nitrogens with zero attached hydrogens (tertiary/aromatic N) is 4. The highest BCUT2D eigenvalue weighted by Gasteiger charge is 2.08. The molecule has 0 radical (unpaired) electrons. The van der Waals surface area contributed by atoms with Gasteiger partial charge in [0.05, 0.1) is 4.47 Å². The van der Waals surface area contributed by atoms with Crippen LogP contribution in [0.25, 0.3) is 11.5 Å². The number of rotatable bonds is 2. The Labute approximate surface area is 95.5 Å². The Hall–Kier alpha value is -1.43. The molecular weight excluding hydrogens is 258 g/mol. The van der Waals surface area contributed by atoms with Gasteiger partial charge in [-0.25, -0.2) is 9.97 Å². The second-order valence-electron chi connectivity index (χ2n) is 2.96. The van der Waals surface area contributed by atoms with E-state index in [0.29, 0.717) is 16.1 Å². The Kier molecular flexibility index (Phi) is 2.68. The van der Waals surface area contributed by atoms with Crippen LogP contribution in [0.3, 0.4) is 0 Å². The number of anilines is 1. The van der Waals surface area contributed by atoms with Crippen molar-refractivity contribution in [3.8, 4) is 11.5 Å². The first-order chi connectivity index (χ1) is 7.22. The third-order valence-corrected chi connectivity index (χ3v) is 2.63. The number of nitrogens with two attached hydrogens (primary N) is 1. The summed E-state index contributed by atoms with van der Waals surface area (Å²) in [4.78, 5) is 8.37. The van der Waals surface area contributed by atoms with Crippen molar-refractivity contribution in [3.05, 3.63) is 22.9 Å². The summed E-state index contributed by atoms with van der Waals surface area (Å²) in [6.07, 6.45) is 3.37. The summed E-state index contributed by atoms with van der Waals surface area (Å²) in [7, 11) is 0. The Morgan fingerprint density at radius 1 is 1.53 bits per heavy atom. The quantitative estimate of drug-likeness (QED) is 0.900. The van der Waals surface area contributed by atoms with Gasteiger partial charge in [-0.2, -0.15) is 5.10 Å². The van der Waals surface area contributed by atoms with Gasteiger partial charge in [-0.1, -0.05) is 0 Å². The Morgan fingerprint density at radius 3 is 3.00 bits per heavy atom. The predicted molar refractivity (Wildman–Crippen MR) is 61.0 cm³/mol. The van der Waals surface area contributed by atoms with E-state index in [1.54, 1.807) is 12.4 Å². The Bertz CT molecular complexity index is 479. The van der Waals surface area contributed by atoms with Crippen LogP contribution < -0.4 is 5.73 Å². The molecule has 2 heterocycles. The number of halogens is 1. The fourth-order valence-electron chi connectivity index (χ4n) is 1.28. The summed E-state index contributed by atoms with van der Waals surface area (Å²) in [5, 5.41) is 4.15. The normalized spacial score (nSPS) is 10.5. The number of nitrogen functional groups attached to an aromatic ring is 1. The van der Waals surface area contributed by atoms with Gasteiger partial charge in [0.2, 0.25) is 0 Å². The van der Waals surface area contributed by atoms with E-state index in [1.165, 1.54) is 0 Å². The maximum Gasteiger partial charge on any atom is 0.179 e. The third kappa shape index (κ3) is 1.85. The summed E-state index contributed by atoms with van der Waals surface area (Å²) in [6, 6.07) is 1.87. The third-order valence-electron chi connectivity index (χ3n) is 2.02. The van der Waals surface area contributed by atoms with Crippen molar-refractivity contribution in [2.24, 2.45) is 0 Å². The number of aryl methyl sites for hydroxylation is 1. The SMILES string of the molecule is CCn1nccc1-c1ncc(Br)c(N)n1. The highest BCUT2D eigenvalue weighted by atomic mass is 79.9. The number of aromatic nitrogens is 4. The number of hydrogen-bond acceptors (Lipinski definition) is 4. The lowest BCUT2D eigenvalue weighted by atomic mass is 10.4. The van der Waals surface area contributed by atoms with E-state index in [1.807, 2.05) is 17.7 Å². The molecule has 2 aromatic heterocycles. The molecular formula is C9H10BrN5. The molecule has 0 aliphatic carbocycles. The molecule has 2 N–H and O–H groups in total.